The van der Waals surface area contributed by atoms with Gasteiger partial charge in [0.1, 0.15) is 5.82 Å². The summed E-state index contributed by atoms with van der Waals surface area (Å²) >= 11 is 0. The van der Waals surface area contributed by atoms with Gasteiger partial charge in [0.15, 0.2) is 0 Å². The van der Waals surface area contributed by atoms with Crippen LogP contribution in [0.4, 0.5) is 11.8 Å². The molecule has 118 valence electrons. The summed E-state index contributed by atoms with van der Waals surface area (Å²) in [4.78, 5) is 30.7. The number of hydrogen-bond donors (Lipinski definition) is 3. The monoisotopic (exact) mass is 306 g/mol. The number of nitrogens with two attached hydrogens (primary N) is 1. The molecule has 9 heteroatoms. The van der Waals surface area contributed by atoms with Crippen molar-refractivity contribution in [1.29, 1.82) is 0 Å². The lowest BCUT2D eigenvalue weighted by Gasteiger charge is -2.11. The minimum absolute atomic E-state index is 0.0323. The predicted molar refractivity (Wildman–Crippen MR) is 82.0 cm³/mol. The maximum Gasteiger partial charge on any atom is 0.265 e. The zero-order valence-corrected chi connectivity index (χ0v) is 12.4. The van der Waals surface area contributed by atoms with Crippen molar-refractivity contribution in [2.45, 2.75) is 26.5 Å². The topological polar surface area (TPSA) is 128 Å². The van der Waals surface area contributed by atoms with E-state index < -0.39 is 0 Å². The van der Waals surface area contributed by atoms with Crippen LogP contribution in [-0.2, 0) is 6.54 Å². The summed E-state index contributed by atoms with van der Waals surface area (Å²) in [5.41, 5.74) is 5.00. The SMILES string of the molecule is CC(C)Oc1cc(NCCn2[nH]c(=O)ccc2=O)nc(N)n1. The lowest BCUT2D eigenvalue weighted by molar-refractivity contribution is 0.233. The summed E-state index contributed by atoms with van der Waals surface area (Å²) in [6.07, 6.45) is -0.0323. The second-order valence-corrected chi connectivity index (χ2v) is 4.84. The minimum atomic E-state index is -0.335. The van der Waals surface area contributed by atoms with E-state index in [9.17, 15) is 9.59 Å². The van der Waals surface area contributed by atoms with Gasteiger partial charge >= 0.3 is 0 Å². The first-order chi connectivity index (χ1) is 10.4. The number of aromatic amines is 1. The predicted octanol–water partition coefficient (Wildman–Crippen LogP) is -0.192. The molecule has 0 aliphatic rings. The van der Waals surface area contributed by atoms with Gasteiger partial charge in [-0.2, -0.15) is 9.97 Å². The molecule has 2 heterocycles. The Balaban J connectivity index is 2.02. The van der Waals surface area contributed by atoms with Crippen molar-refractivity contribution in [2.24, 2.45) is 0 Å². The summed E-state index contributed by atoms with van der Waals surface area (Å²) in [7, 11) is 0. The quantitative estimate of drug-likeness (QED) is 0.674. The lowest BCUT2D eigenvalue weighted by Crippen LogP contribution is -2.30. The first-order valence-electron chi connectivity index (χ1n) is 6.79. The van der Waals surface area contributed by atoms with Gasteiger partial charge in [0.25, 0.3) is 11.1 Å². The van der Waals surface area contributed by atoms with E-state index >= 15 is 0 Å². The molecule has 0 saturated heterocycles. The normalized spacial score (nSPS) is 10.7. The van der Waals surface area contributed by atoms with Crippen LogP contribution in [0.2, 0.25) is 0 Å². The van der Waals surface area contributed by atoms with E-state index in [1.54, 1.807) is 6.07 Å². The summed E-state index contributed by atoms with van der Waals surface area (Å²) in [5, 5.41) is 5.44. The fourth-order valence-corrected chi connectivity index (χ4v) is 1.76. The fraction of sp³-hybridized carbons (Fsp3) is 0.385. The second-order valence-electron chi connectivity index (χ2n) is 4.84. The van der Waals surface area contributed by atoms with Crippen LogP contribution in [0.3, 0.4) is 0 Å². The molecule has 22 heavy (non-hydrogen) atoms. The van der Waals surface area contributed by atoms with E-state index in [4.69, 9.17) is 10.5 Å². The van der Waals surface area contributed by atoms with Crippen LogP contribution in [0.15, 0.2) is 27.8 Å². The van der Waals surface area contributed by atoms with Gasteiger partial charge in [-0.15, -0.1) is 0 Å². The first-order valence-corrected chi connectivity index (χ1v) is 6.79. The molecular formula is C13H18N6O3. The Hall–Kier alpha value is -2.84. The Morgan fingerprint density at radius 3 is 2.86 bits per heavy atom. The Morgan fingerprint density at radius 1 is 1.36 bits per heavy atom. The fourth-order valence-electron chi connectivity index (χ4n) is 1.76. The molecule has 2 rings (SSSR count). The van der Waals surface area contributed by atoms with Gasteiger partial charge in [0.05, 0.1) is 12.6 Å². The van der Waals surface area contributed by atoms with E-state index in [-0.39, 0.29) is 29.7 Å². The van der Waals surface area contributed by atoms with Gasteiger partial charge in [-0.05, 0) is 13.8 Å². The van der Waals surface area contributed by atoms with E-state index in [1.807, 2.05) is 13.8 Å². The molecular weight excluding hydrogens is 288 g/mol. The highest BCUT2D eigenvalue weighted by atomic mass is 16.5. The van der Waals surface area contributed by atoms with E-state index in [2.05, 4.69) is 20.4 Å². The first kappa shape index (κ1) is 15.5. The van der Waals surface area contributed by atoms with Gasteiger partial charge in [-0.3, -0.25) is 14.7 Å². The number of H-pyrrole nitrogens is 1. The van der Waals surface area contributed by atoms with Crippen LogP contribution in [0, 0.1) is 0 Å². The molecule has 9 nitrogen and oxygen atoms in total. The summed E-state index contributed by atoms with van der Waals surface area (Å²) in [6.45, 7) is 4.41. The largest absolute Gasteiger partial charge is 0.475 e. The molecule has 2 aromatic heterocycles. The van der Waals surface area contributed by atoms with Crippen LogP contribution in [0.25, 0.3) is 0 Å². The van der Waals surface area contributed by atoms with Crippen molar-refractivity contribution in [2.75, 3.05) is 17.6 Å². The van der Waals surface area contributed by atoms with Gasteiger partial charge in [0, 0.05) is 24.7 Å². The molecule has 0 aliphatic heterocycles. The van der Waals surface area contributed by atoms with Crippen molar-refractivity contribution in [1.82, 2.24) is 19.7 Å². The number of nitrogens with one attached hydrogen (secondary N) is 2. The minimum Gasteiger partial charge on any atom is -0.475 e. The molecule has 0 atom stereocenters. The molecule has 0 aliphatic carbocycles. The highest BCUT2D eigenvalue weighted by Gasteiger charge is 2.05. The van der Waals surface area contributed by atoms with E-state index in [0.29, 0.717) is 18.2 Å². The summed E-state index contributed by atoms with van der Waals surface area (Å²) in [6, 6.07) is 4.02. The van der Waals surface area contributed by atoms with Gasteiger partial charge in [-0.1, -0.05) is 0 Å². The van der Waals surface area contributed by atoms with Gasteiger partial charge in [-0.25, -0.2) is 4.68 Å². The number of nitrogens with zero attached hydrogens (tertiary/aromatic N) is 3. The third kappa shape index (κ3) is 4.33. The molecule has 0 bridgehead atoms. The van der Waals surface area contributed by atoms with Gasteiger partial charge in [0.2, 0.25) is 11.8 Å². The molecule has 0 saturated carbocycles. The second kappa shape index (κ2) is 6.74. The standard InChI is InChI=1S/C13H18N6O3/c1-8(2)22-11-7-9(16-13(14)17-11)15-5-6-19-12(21)4-3-10(20)18-19/h3-4,7-8H,5-6H2,1-2H3,(H,18,20)(H3,14,15,16,17). The highest BCUT2D eigenvalue weighted by Crippen LogP contribution is 2.15. The molecule has 0 unspecified atom stereocenters. The molecule has 0 fully saturated rings. The van der Waals surface area contributed by atoms with E-state index in [0.717, 1.165) is 0 Å². The Morgan fingerprint density at radius 2 is 2.14 bits per heavy atom. The van der Waals surface area contributed by atoms with Gasteiger partial charge < -0.3 is 15.8 Å². The molecule has 0 aromatic carbocycles. The maximum atomic E-state index is 11.5. The van der Waals surface area contributed by atoms with Crippen LogP contribution >= 0.6 is 0 Å². The van der Waals surface area contributed by atoms with Crippen LogP contribution in [0.5, 0.6) is 5.88 Å². The maximum absolute atomic E-state index is 11.5. The Labute approximate surface area is 126 Å². The molecule has 2 aromatic rings. The molecule has 0 spiro atoms. The zero-order valence-electron chi connectivity index (χ0n) is 12.4. The number of hydrogen-bond acceptors (Lipinski definition) is 7. The smallest absolute Gasteiger partial charge is 0.265 e. The van der Waals surface area contributed by atoms with E-state index in [1.165, 1.54) is 16.8 Å². The number of ether oxygens (including phenoxy) is 1. The van der Waals surface area contributed by atoms with Crippen molar-refractivity contribution >= 4 is 11.8 Å². The van der Waals surface area contributed by atoms with Crippen LogP contribution in [-0.4, -0.2) is 32.4 Å². The summed E-state index contributed by atoms with van der Waals surface area (Å²) in [5.74, 6) is 0.940. The number of anilines is 2. The Bertz CT molecular complexity index is 752. The average molecular weight is 306 g/mol. The summed E-state index contributed by atoms with van der Waals surface area (Å²) < 4.78 is 6.68. The number of rotatable bonds is 6. The average Bonchev–Trinajstić information content (AvgIpc) is 2.41. The Kier molecular flexibility index (Phi) is 4.77. The van der Waals surface area contributed by atoms with Crippen molar-refractivity contribution in [3.63, 3.8) is 0 Å². The number of aromatic nitrogens is 4. The van der Waals surface area contributed by atoms with Crippen LogP contribution in [0.1, 0.15) is 13.8 Å². The molecule has 4 N–H and O–H groups in total. The third-order valence-corrected chi connectivity index (χ3v) is 2.61. The highest BCUT2D eigenvalue weighted by molar-refractivity contribution is 5.42. The van der Waals surface area contributed by atoms with Crippen LogP contribution < -0.4 is 26.9 Å². The molecule has 0 amide bonds. The van der Waals surface area contributed by atoms with Crippen molar-refractivity contribution in [3.05, 3.63) is 38.9 Å². The lowest BCUT2D eigenvalue weighted by atomic mass is 10.4. The number of nitrogen functional groups attached to an aromatic ring is 1. The van der Waals surface area contributed by atoms with Crippen molar-refractivity contribution in [3.8, 4) is 5.88 Å². The molecule has 0 radical (unpaired) electrons. The van der Waals surface area contributed by atoms with Crippen molar-refractivity contribution < 1.29 is 4.74 Å². The zero-order chi connectivity index (χ0) is 16.1. The third-order valence-electron chi connectivity index (χ3n) is 2.61.